The smallest absolute Gasteiger partial charge is 0.194 e. The Morgan fingerprint density at radius 3 is 2.46 bits per heavy atom. The minimum absolute atomic E-state index is 0.107. The molecule has 1 aliphatic heterocycles. The predicted octanol–water partition coefficient (Wildman–Crippen LogP) is 2.11. The van der Waals surface area contributed by atoms with Gasteiger partial charge in [-0.15, -0.1) is 0 Å². The quantitative estimate of drug-likeness (QED) is 0.662. The van der Waals surface area contributed by atoms with E-state index in [2.05, 4.69) is 75.1 Å². The Labute approximate surface area is 146 Å². The summed E-state index contributed by atoms with van der Waals surface area (Å²) in [7, 11) is 6.14. The lowest BCUT2D eigenvalue weighted by Crippen LogP contribution is -2.72. The Morgan fingerprint density at radius 1 is 1.38 bits per heavy atom. The molecular formula is C18H34N6. The van der Waals surface area contributed by atoms with Crippen LogP contribution in [0, 0.1) is 5.41 Å². The zero-order valence-electron chi connectivity index (χ0n) is 16.6. The van der Waals surface area contributed by atoms with Crippen LogP contribution >= 0.6 is 0 Å². The highest BCUT2D eigenvalue weighted by Gasteiger charge is 2.53. The van der Waals surface area contributed by atoms with Gasteiger partial charge < -0.3 is 15.1 Å². The molecule has 136 valence electrons. The lowest BCUT2D eigenvalue weighted by atomic mass is 9.65. The van der Waals surface area contributed by atoms with Crippen molar-refractivity contribution in [3.05, 3.63) is 18.0 Å². The van der Waals surface area contributed by atoms with Gasteiger partial charge in [-0.25, -0.2) is 0 Å². The molecule has 0 radical (unpaired) electrons. The van der Waals surface area contributed by atoms with Crippen LogP contribution in [0.5, 0.6) is 0 Å². The molecular weight excluding hydrogens is 300 g/mol. The van der Waals surface area contributed by atoms with E-state index < -0.39 is 0 Å². The second-order valence-corrected chi connectivity index (χ2v) is 8.15. The minimum Gasteiger partial charge on any atom is -0.356 e. The molecule has 6 heteroatoms. The fourth-order valence-corrected chi connectivity index (χ4v) is 3.15. The van der Waals surface area contributed by atoms with Crippen LogP contribution in [0.25, 0.3) is 0 Å². The first kappa shape index (κ1) is 18.8. The Kier molecular flexibility index (Phi) is 5.28. The second-order valence-electron chi connectivity index (χ2n) is 8.15. The van der Waals surface area contributed by atoms with Gasteiger partial charge in [0.15, 0.2) is 5.96 Å². The van der Waals surface area contributed by atoms with Crippen molar-refractivity contribution in [2.45, 2.75) is 46.2 Å². The molecule has 1 aromatic rings. The molecule has 0 aromatic carbocycles. The second kappa shape index (κ2) is 6.75. The zero-order valence-corrected chi connectivity index (χ0v) is 16.6. The van der Waals surface area contributed by atoms with Crippen molar-refractivity contribution in [1.29, 1.82) is 0 Å². The van der Waals surface area contributed by atoms with Crippen LogP contribution in [-0.2, 0) is 7.05 Å². The number of guanidine groups is 1. The molecule has 0 aliphatic carbocycles. The van der Waals surface area contributed by atoms with Crippen molar-refractivity contribution in [2.24, 2.45) is 17.5 Å². The number of aromatic nitrogens is 2. The molecule has 0 saturated carbocycles. The van der Waals surface area contributed by atoms with Crippen LogP contribution in [0.1, 0.15) is 46.2 Å². The summed E-state index contributed by atoms with van der Waals surface area (Å²) in [6.45, 7) is 14.0. The summed E-state index contributed by atoms with van der Waals surface area (Å²) in [5.41, 5.74) is 1.61. The van der Waals surface area contributed by atoms with Crippen molar-refractivity contribution in [3.8, 4) is 0 Å². The molecule has 24 heavy (non-hydrogen) atoms. The van der Waals surface area contributed by atoms with Crippen molar-refractivity contribution >= 4 is 5.96 Å². The first-order chi connectivity index (χ1) is 11.1. The van der Waals surface area contributed by atoms with Gasteiger partial charge in [-0.3, -0.25) is 9.67 Å². The Balaban J connectivity index is 2.18. The van der Waals surface area contributed by atoms with E-state index >= 15 is 0 Å². The molecule has 1 saturated heterocycles. The van der Waals surface area contributed by atoms with Crippen molar-refractivity contribution in [1.82, 2.24) is 24.9 Å². The predicted molar refractivity (Wildman–Crippen MR) is 100 cm³/mol. The Hall–Kier alpha value is -1.56. The third-order valence-electron chi connectivity index (χ3n) is 5.62. The lowest BCUT2D eigenvalue weighted by Gasteiger charge is -2.62. The van der Waals surface area contributed by atoms with E-state index in [-0.39, 0.29) is 11.6 Å². The van der Waals surface area contributed by atoms with E-state index in [9.17, 15) is 0 Å². The number of hydrogen-bond acceptors (Lipinski definition) is 3. The molecule has 0 amide bonds. The molecule has 1 N–H and O–H groups in total. The van der Waals surface area contributed by atoms with Gasteiger partial charge in [-0.2, -0.15) is 5.10 Å². The third-order valence-corrected chi connectivity index (χ3v) is 5.62. The third kappa shape index (κ3) is 3.43. The normalized spacial score (nSPS) is 20.9. The van der Waals surface area contributed by atoms with E-state index in [1.807, 2.05) is 17.9 Å². The summed E-state index contributed by atoms with van der Waals surface area (Å²) in [5.74, 6) is 1.01. The van der Waals surface area contributed by atoms with E-state index in [4.69, 9.17) is 4.99 Å². The summed E-state index contributed by atoms with van der Waals surface area (Å²) >= 11 is 0. The van der Waals surface area contributed by atoms with Crippen LogP contribution in [0.15, 0.2) is 17.4 Å². The molecule has 0 bridgehead atoms. The van der Waals surface area contributed by atoms with E-state index in [0.717, 1.165) is 19.0 Å². The molecule has 1 aromatic heterocycles. The maximum Gasteiger partial charge on any atom is 0.194 e. The van der Waals surface area contributed by atoms with Gasteiger partial charge in [-0.05, 0) is 34.9 Å². The lowest BCUT2D eigenvalue weighted by molar-refractivity contribution is -0.0668. The number of hydrogen-bond donors (Lipinski definition) is 1. The molecule has 1 fully saturated rings. The minimum atomic E-state index is 0.107. The number of nitrogens with one attached hydrogen (secondary N) is 1. The van der Waals surface area contributed by atoms with E-state index in [1.54, 1.807) is 0 Å². The molecule has 2 rings (SSSR count). The molecule has 0 spiro atoms. The highest BCUT2D eigenvalue weighted by molar-refractivity contribution is 5.82. The summed E-state index contributed by atoms with van der Waals surface area (Å²) in [5, 5.41) is 7.77. The number of likely N-dealkylation sites (tertiary alicyclic amines) is 1. The summed E-state index contributed by atoms with van der Waals surface area (Å²) < 4.78 is 1.85. The number of aryl methyl sites for hydroxylation is 1. The van der Waals surface area contributed by atoms with Crippen molar-refractivity contribution in [3.63, 3.8) is 0 Å². The van der Waals surface area contributed by atoms with Crippen LogP contribution in [-0.4, -0.2) is 64.8 Å². The molecule has 2 heterocycles. The fourth-order valence-electron chi connectivity index (χ4n) is 3.15. The van der Waals surface area contributed by atoms with Gasteiger partial charge in [-0.1, -0.05) is 13.8 Å². The molecule has 1 atom stereocenters. The monoisotopic (exact) mass is 334 g/mol. The molecule has 1 aliphatic rings. The maximum atomic E-state index is 4.96. The Bertz CT molecular complexity index is 584. The van der Waals surface area contributed by atoms with Gasteiger partial charge in [0, 0.05) is 42.9 Å². The fraction of sp³-hybridized carbons (Fsp3) is 0.778. The van der Waals surface area contributed by atoms with Crippen molar-refractivity contribution in [2.75, 3.05) is 33.7 Å². The van der Waals surface area contributed by atoms with Crippen molar-refractivity contribution < 1.29 is 0 Å². The summed E-state index contributed by atoms with van der Waals surface area (Å²) in [4.78, 5) is 9.56. The first-order valence-electron chi connectivity index (χ1n) is 8.81. The highest BCUT2D eigenvalue weighted by atomic mass is 15.4. The first-order valence-corrected chi connectivity index (χ1v) is 8.81. The largest absolute Gasteiger partial charge is 0.356 e. The molecule has 1 unspecified atom stereocenters. The highest BCUT2D eigenvalue weighted by Crippen LogP contribution is 2.46. The maximum absolute atomic E-state index is 4.96. The van der Waals surface area contributed by atoms with Gasteiger partial charge in [0.25, 0.3) is 0 Å². The average molecular weight is 335 g/mol. The number of rotatable bonds is 5. The van der Waals surface area contributed by atoms with Crippen LogP contribution in [0.2, 0.25) is 0 Å². The van der Waals surface area contributed by atoms with Crippen LogP contribution < -0.4 is 5.32 Å². The zero-order chi connectivity index (χ0) is 18.1. The van der Waals surface area contributed by atoms with Gasteiger partial charge in [0.05, 0.1) is 18.8 Å². The van der Waals surface area contributed by atoms with Gasteiger partial charge >= 0.3 is 0 Å². The topological polar surface area (TPSA) is 48.7 Å². The van der Waals surface area contributed by atoms with Crippen LogP contribution in [0.4, 0.5) is 0 Å². The van der Waals surface area contributed by atoms with Crippen LogP contribution in [0.3, 0.4) is 0 Å². The number of likely N-dealkylation sites (N-methyl/N-ethyl adjacent to an activating group) is 1. The molecule has 6 nitrogen and oxygen atoms in total. The van der Waals surface area contributed by atoms with Gasteiger partial charge in [0.1, 0.15) is 0 Å². The van der Waals surface area contributed by atoms with Gasteiger partial charge in [0.2, 0.25) is 0 Å². The van der Waals surface area contributed by atoms with E-state index in [1.165, 1.54) is 5.56 Å². The Morgan fingerprint density at radius 2 is 2.04 bits per heavy atom. The number of aliphatic imine (C=N–C) groups is 1. The standard InChI is InChI=1S/C18H34N6/c1-9-19-16(24-13-17(2,3)18(24,4)5)20-11-15(22(6)7)14-10-21-23(8)12-14/h10,12,15H,9,11,13H2,1-8H3,(H,19,20). The number of nitrogens with zero attached hydrogens (tertiary/aromatic N) is 5. The van der Waals surface area contributed by atoms with E-state index in [0.29, 0.717) is 12.0 Å². The summed E-state index contributed by atoms with van der Waals surface area (Å²) in [6.07, 6.45) is 4.01. The summed E-state index contributed by atoms with van der Waals surface area (Å²) in [6, 6.07) is 0.227. The average Bonchev–Trinajstić information content (AvgIpc) is 2.90. The SMILES string of the molecule is CCNC(=NCC(c1cnn(C)c1)N(C)C)N1CC(C)(C)C1(C)C.